The molecule has 3 aromatic carbocycles. The highest BCUT2D eigenvalue weighted by atomic mass is 19.1. The van der Waals surface area contributed by atoms with Gasteiger partial charge < -0.3 is 10.1 Å². The molecule has 0 saturated heterocycles. The molecule has 4 heteroatoms. The Kier molecular flexibility index (Phi) is 5.59. The summed E-state index contributed by atoms with van der Waals surface area (Å²) in [7, 11) is 0. The molecule has 1 heterocycles. The molecule has 0 saturated carbocycles. The number of rotatable bonds is 7. The molecule has 0 amide bonds. The molecule has 0 atom stereocenters. The number of aromatic nitrogens is 1. The molecule has 0 aliphatic heterocycles. The molecule has 0 aliphatic carbocycles. The summed E-state index contributed by atoms with van der Waals surface area (Å²) in [6, 6.07) is 22.8. The highest BCUT2D eigenvalue weighted by molar-refractivity contribution is 5.87. The molecule has 0 unspecified atom stereocenters. The fourth-order valence-electron chi connectivity index (χ4n) is 3.21. The van der Waals surface area contributed by atoms with Crippen molar-refractivity contribution in [2.45, 2.75) is 19.7 Å². The average Bonchev–Trinajstić information content (AvgIpc) is 2.75. The zero-order valence-electron chi connectivity index (χ0n) is 15.4. The van der Waals surface area contributed by atoms with Crippen LogP contribution in [-0.4, -0.2) is 4.98 Å². The van der Waals surface area contributed by atoms with Gasteiger partial charge in [0.05, 0.1) is 0 Å². The summed E-state index contributed by atoms with van der Waals surface area (Å²) in [5, 5.41) is 5.84. The highest BCUT2D eigenvalue weighted by Crippen LogP contribution is 2.29. The van der Waals surface area contributed by atoms with Gasteiger partial charge in [-0.25, -0.2) is 4.39 Å². The minimum absolute atomic E-state index is 0.240. The van der Waals surface area contributed by atoms with Gasteiger partial charge in [0.25, 0.3) is 0 Å². The van der Waals surface area contributed by atoms with Crippen molar-refractivity contribution in [3.8, 4) is 5.75 Å². The number of hydrogen-bond acceptors (Lipinski definition) is 3. The molecule has 0 radical (unpaired) electrons. The van der Waals surface area contributed by atoms with Gasteiger partial charge in [-0.15, -0.1) is 0 Å². The van der Waals surface area contributed by atoms with Crippen LogP contribution in [0.3, 0.4) is 0 Å². The van der Waals surface area contributed by atoms with Gasteiger partial charge in [-0.05, 0) is 52.2 Å². The average molecular weight is 372 g/mol. The SMILES string of the molecule is Fc1ccc(COc2ccc3ccccc3c2CNCc2ccncc2)cc1. The van der Waals surface area contributed by atoms with Crippen LogP contribution in [0, 0.1) is 5.82 Å². The Morgan fingerprint density at radius 3 is 2.39 bits per heavy atom. The molecule has 0 aliphatic rings. The Bertz CT molecular complexity index is 1050. The van der Waals surface area contributed by atoms with Crippen molar-refractivity contribution in [3.05, 3.63) is 108 Å². The van der Waals surface area contributed by atoms with Gasteiger partial charge in [0.15, 0.2) is 0 Å². The molecule has 28 heavy (non-hydrogen) atoms. The summed E-state index contributed by atoms with van der Waals surface area (Å²) in [5.74, 6) is 0.598. The second-order valence-corrected chi connectivity index (χ2v) is 6.64. The predicted molar refractivity (Wildman–Crippen MR) is 109 cm³/mol. The fourth-order valence-corrected chi connectivity index (χ4v) is 3.21. The number of nitrogens with one attached hydrogen (secondary N) is 1. The van der Waals surface area contributed by atoms with Gasteiger partial charge in [0.1, 0.15) is 18.2 Å². The Hall–Kier alpha value is -3.24. The maximum Gasteiger partial charge on any atom is 0.124 e. The zero-order valence-corrected chi connectivity index (χ0v) is 15.4. The summed E-state index contributed by atoms with van der Waals surface area (Å²) in [6.07, 6.45) is 3.60. The van der Waals surface area contributed by atoms with E-state index in [1.165, 1.54) is 28.5 Å². The molecular formula is C24H21FN2O. The molecule has 0 fully saturated rings. The fraction of sp³-hybridized carbons (Fsp3) is 0.125. The molecule has 1 aromatic heterocycles. The van der Waals surface area contributed by atoms with Crippen molar-refractivity contribution in [3.63, 3.8) is 0 Å². The Morgan fingerprint density at radius 2 is 1.57 bits per heavy atom. The Morgan fingerprint density at radius 1 is 0.786 bits per heavy atom. The van der Waals surface area contributed by atoms with Crippen molar-refractivity contribution in [1.29, 1.82) is 0 Å². The lowest BCUT2D eigenvalue weighted by molar-refractivity contribution is 0.302. The first-order valence-corrected chi connectivity index (χ1v) is 9.27. The molecule has 140 valence electrons. The third kappa shape index (κ3) is 4.35. The maximum absolute atomic E-state index is 13.1. The number of pyridine rings is 1. The predicted octanol–water partition coefficient (Wildman–Crippen LogP) is 5.24. The summed E-state index contributed by atoms with van der Waals surface area (Å²) >= 11 is 0. The standard InChI is InChI=1S/C24H21FN2O/c25-21-8-5-19(6-9-21)17-28-24-10-7-20-3-1-2-4-22(20)23(24)16-27-15-18-11-13-26-14-12-18/h1-14,27H,15-17H2. The molecule has 0 bridgehead atoms. The number of nitrogens with zero attached hydrogens (tertiary/aromatic N) is 1. The summed E-state index contributed by atoms with van der Waals surface area (Å²) < 4.78 is 19.2. The maximum atomic E-state index is 13.1. The van der Waals surface area contributed by atoms with Crippen LogP contribution in [0.4, 0.5) is 4.39 Å². The van der Waals surface area contributed by atoms with Gasteiger partial charge in [-0.3, -0.25) is 4.98 Å². The summed E-state index contributed by atoms with van der Waals surface area (Å²) in [5.41, 5.74) is 3.24. The van der Waals surface area contributed by atoms with Crippen molar-refractivity contribution >= 4 is 10.8 Å². The summed E-state index contributed by atoms with van der Waals surface area (Å²) in [4.78, 5) is 4.05. The lowest BCUT2D eigenvalue weighted by atomic mass is 10.0. The first-order chi connectivity index (χ1) is 13.8. The van der Waals surface area contributed by atoms with E-state index < -0.39 is 0 Å². The molecule has 4 aromatic rings. The van der Waals surface area contributed by atoms with E-state index in [4.69, 9.17) is 4.74 Å². The second kappa shape index (κ2) is 8.63. The molecular weight excluding hydrogens is 351 g/mol. The highest BCUT2D eigenvalue weighted by Gasteiger charge is 2.09. The molecule has 3 nitrogen and oxygen atoms in total. The first kappa shape index (κ1) is 18.1. The van der Waals surface area contributed by atoms with Gasteiger partial charge in [0, 0.05) is 31.0 Å². The number of ether oxygens (including phenoxy) is 1. The van der Waals surface area contributed by atoms with Crippen LogP contribution in [0.2, 0.25) is 0 Å². The van der Waals surface area contributed by atoms with Gasteiger partial charge in [0.2, 0.25) is 0 Å². The van der Waals surface area contributed by atoms with Crippen LogP contribution in [0.15, 0.2) is 85.2 Å². The number of benzene rings is 3. The minimum Gasteiger partial charge on any atom is -0.489 e. The number of hydrogen-bond donors (Lipinski definition) is 1. The van der Waals surface area contributed by atoms with E-state index >= 15 is 0 Å². The van der Waals surface area contributed by atoms with E-state index in [0.717, 1.165) is 23.4 Å². The number of fused-ring (bicyclic) bond motifs is 1. The number of halogens is 1. The lowest BCUT2D eigenvalue weighted by Crippen LogP contribution is -2.14. The van der Waals surface area contributed by atoms with E-state index in [2.05, 4.69) is 28.5 Å². The van der Waals surface area contributed by atoms with E-state index in [9.17, 15) is 4.39 Å². The van der Waals surface area contributed by atoms with Crippen LogP contribution in [-0.2, 0) is 19.7 Å². The Labute approximate surface area is 163 Å². The smallest absolute Gasteiger partial charge is 0.124 e. The quantitative estimate of drug-likeness (QED) is 0.482. The van der Waals surface area contributed by atoms with Crippen molar-refractivity contribution in [2.75, 3.05) is 0 Å². The second-order valence-electron chi connectivity index (χ2n) is 6.64. The van der Waals surface area contributed by atoms with Gasteiger partial charge in [-0.1, -0.05) is 42.5 Å². The molecule has 0 spiro atoms. The topological polar surface area (TPSA) is 34.1 Å². The Balaban J connectivity index is 1.54. The van der Waals surface area contributed by atoms with Crippen molar-refractivity contribution < 1.29 is 9.13 Å². The molecule has 4 rings (SSSR count). The zero-order chi connectivity index (χ0) is 19.2. The van der Waals surface area contributed by atoms with Gasteiger partial charge in [-0.2, -0.15) is 0 Å². The molecule has 1 N–H and O–H groups in total. The normalized spacial score (nSPS) is 10.9. The van der Waals surface area contributed by atoms with E-state index in [1.54, 1.807) is 24.5 Å². The minimum atomic E-state index is -0.240. The largest absolute Gasteiger partial charge is 0.489 e. The van der Waals surface area contributed by atoms with E-state index in [-0.39, 0.29) is 5.82 Å². The van der Waals surface area contributed by atoms with Crippen LogP contribution < -0.4 is 10.1 Å². The van der Waals surface area contributed by atoms with E-state index in [0.29, 0.717) is 13.2 Å². The van der Waals surface area contributed by atoms with Crippen LogP contribution in [0.25, 0.3) is 10.8 Å². The van der Waals surface area contributed by atoms with Crippen LogP contribution in [0.1, 0.15) is 16.7 Å². The lowest BCUT2D eigenvalue weighted by Gasteiger charge is -2.15. The van der Waals surface area contributed by atoms with Gasteiger partial charge >= 0.3 is 0 Å². The van der Waals surface area contributed by atoms with Crippen LogP contribution in [0.5, 0.6) is 5.75 Å². The van der Waals surface area contributed by atoms with Crippen molar-refractivity contribution in [1.82, 2.24) is 10.3 Å². The first-order valence-electron chi connectivity index (χ1n) is 9.27. The summed E-state index contributed by atoms with van der Waals surface area (Å²) in [6.45, 7) is 1.83. The third-order valence-electron chi connectivity index (χ3n) is 4.69. The van der Waals surface area contributed by atoms with Crippen LogP contribution >= 0.6 is 0 Å². The third-order valence-corrected chi connectivity index (χ3v) is 4.69. The van der Waals surface area contributed by atoms with Crippen molar-refractivity contribution in [2.24, 2.45) is 0 Å². The van der Waals surface area contributed by atoms with E-state index in [1.807, 2.05) is 30.3 Å². The monoisotopic (exact) mass is 372 g/mol.